The molecule has 2 amide bonds. The zero-order chi connectivity index (χ0) is 14.3. The average Bonchev–Trinajstić information content (AvgIpc) is 2.31. The van der Waals surface area contributed by atoms with Gasteiger partial charge in [0.05, 0.1) is 25.2 Å². The third-order valence-corrected chi connectivity index (χ3v) is 2.79. The molecule has 0 aromatic rings. The fourth-order valence-corrected chi connectivity index (χ4v) is 1.27. The first kappa shape index (κ1) is 16.9. The molecule has 0 bridgehead atoms. The molecule has 5 N–H and O–H groups in total. The highest BCUT2D eigenvalue weighted by molar-refractivity contribution is 5.87. The third kappa shape index (κ3) is 5.97. The van der Waals surface area contributed by atoms with Crippen molar-refractivity contribution in [2.45, 2.75) is 39.8 Å². The third-order valence-electron chi connectivity index (χ3n) is 2.79. The van der Waals surface area contributed by atoms with Crippen molar-refractivity contribution in [2.75, 3.05) is 13.2 Å². The number of rotatable bonds is 7. The molecule has 0 aromatic heterocycles. The number of nitrogens with two attached hydrogens (primary N) is 1. The largest absolute Gasteiger partial charge is 0.394 e. The number of amides is 2. The molecule has 6 heteroatoms. The van der Waals surface area contributed by atoms with E-state index in [1.165, 1.54) is 0 Å². The van der Waals surface area contributed by atoms with Gasteiger partial charge in [-0.2, -0.15) is 0 Å². The molecule has 0 rings (SSSR count). The Bertz CT molecular complexity index is 280. The van der Waals surface area contributed by atoms with Gasteiger partial charge >= 0.3 is 0 Å². The Morgan fingerprint density at radius 2 is 1.72 bits per heavy atom. The highest BCUT2D eigenvalue weighted by atomic mass is 16.3. The minimum absolute atomic E-state index is 0.0221. The lowest BCUT2D eigenvalue weighted by Gasteiger charge is -2.20. The number of aliphatic hydroxyl groups is 1. The molecule has 0 saturated heterocycles. The maximum absolute atomic E-state index is 11.5. The summed E-state index contributed by atoms with van der Waals surface area (Å²) in [6.07, 6.45) is 0. The van der Waals surface area contributed by atoms with Gasteiger partial charge in [-0.15, -0.1) is 0 Å². The summed E-state index contributed by atoms with van der Waals surface area (Å²) in [7, 11) is 0. The zero-order valence-corrected chi connectivity index (χ0v) is 11.6. The second kappa shape index (κ2) is 8.05. The number of hydrogen-bond donors (Lipinski definition) is 4. The van der Waals surface area contributed by atoms with Crippen LogP contribution in [-0.4, -0.2) is 42.2 Å². The van der Waals surface area contributed by atoms with Gasteiger partial charge in [-0.1, -0.05) is 27.7 Å². The van der Waals surface area contributed by atoms with Crippen molar-refractivity contribution in [3.63, 3.8) is 0 Å². The smallest absolute Gasteiger partial charge is 0.239 e. The van der Waals surface area contributed by atoms with Gasteiger partial charge in [-0.3, -0.25) is 9.59 Å². The summed E-state index contributed by atoms with van der Waals surface area (Å²) in [5, 5.41) is 14.2. The quantitative estimate of drug-likeness (QED) is 0.481. The predicted octanol–water partition coefficient (Wildman–Crippen LogP) is -0.781. The number of nitrogens with one attached hydrogen (secondary N) is 2. The minimum atomic E-state index is -0.614. The molecule has 0 saturated carbocycles. The van der Waals surface area contributed by atoms with E-state index < -0.39 is 6.04 Å². The molecule has 0 heterocycles. The van der Waals surface area contributed by atoms with Crippen LogP contribution in [0.2, 0.25) is 0 Å². The standard InChI is InChI=1S/C12H25N3O3/c1-7(2)9(6-16)15-10(17)5-14-12(18)11(13)8(3)4/h7-9,11,16H,5-6,13H2,1-4H3,(H,14,18)(H,15,17)/t9-,11+/m1/s1. The Labute approximate surface area is 108 Å². The van der Waals surface area contributed by atoms with E-state index in [9.17, 15) is 9.59 Å². The lowest BCUT2D eigenvalue weighted by atomic mass is 10.0. The molecule has 6 nitrogen and oxygen atoms in total. The van der Waals surface area contributed by atoms with Crippen LogP contribution < -0.4 is 16.4 Å². The number of carbonyl (C=O) groups excluding carboxylic acids is 2. The van der Waals surface area contributed by atoms with Crippen LogP contribution in [0.25, 0.3) is 0 Å². The van der Waals surface area contributed by atoms with Crippen molar-refractivity contribution in [3.8, 4) is 0 Å². The topological polar surface area (TPSA) is 104 Å². The molecule has 0 aliphatic heterocycles. The van der Waals surface area contributed by atoms with Gasteiger partial charge < -0.3 is 21.5 Å². The van der Waals surface area contributed by atoms with Crippen molar-refractivity contribution >= 4 is 11.8 Å². The van der Waals surface area contributed by atoms with Gasteiger partial charge in [0.25, 0.3) is 0 Å². The molecule has 0 unspecified atom stereocenters. The number of hydrogen-bond acceptors (Lipinski definition) is 4. The van der Waals surface area contributed by atoms with Gasteiger partial charge in [-0.25, -0.2) is 0 Å². The molecule has 18 heavy (non-hydrogen) atoms. The Kier molecular flexibility index (Phi) is 7.54. The van der Waals surface area contributed by atoms with Gasteiger partial charge in [0.1, 0.15) is 0 Å². The zero-order valence-electron chi connectivity index (χ0n) is 11.6. The maximum Gasteiger partial charge on any atom is 0.239 e. The Balaban J connectivity index is 4.07. The SMILES string of the molecule is CC(C)[C@H](N)C(=O)NCC(=O)N[C@H](CO)C(C)C. The fourth-order valence-electron chi connectivity index (χ4n) is 1.27. The molecular formula is C12H25N3O3. The Morgan fingerprint density at radius 1 is 1.17 bits per heavy atom. The molecule has 2 atom stereocenters. The van der Waals surface area contributed by atoms with Crippen molar-refractivity contribution in [3.05, 3.63) is 0 Å². The van der Waals surface area contributed by atoms with Crippen LogP contribution in [0.5, 0.6) is 0 Å². The summed E-state index contributed by atoms with van der Waals surface area (Å²) >= 11 is 0. The molecule has 0 aliphatic rings. The minimum Gasteiger partial charge on any atom is -0.394 e. The Morgan fingerprint density at radius 3 is 2.11 bits per heavy atom. The van der Waals surface area contributed by atoms with Gasteiger partial charge in [0.15, 0.2) is 0 Å². The van der Waals surface area contributed by atoms with E-state index in [4.69, 9.17) is 10.8 Å². The van der Waals surface area contributed by atoms with Crippen LogP contribution in [0.1, 0.15) is 27.7 Å². The Hall–Kier alpha value is -1.14. The van der Waals surface area contributed by atoms with Gasteiger partial charge in [0, 0.05) is 0 Å². The van der Waals surface area contributed by atoms with E-state index in [1.807, 2.05) is 27.7 Å². The predicted molar refractivity (Wildman–Crippen MR) is 69.7 cm³/mol. The number of carbonyl (C=O) groups is 2. The molecule has 0 radical (unpaired) electrons. The average molecular weight is 259 g/mol. The summed E-state index contributed by atoms with van der Waals surface area (Å²) in [5.41, 5.74) is 5.64. The van der Waals surface area contributed by atoms with Crippen LogP contribution in [0.4, 0.5) is 0 Å². The summed E-state index contributed by atoms with van der Waals surface area (Å²) in [6, 6.07) is -0.912. The molecule has 0 fully saturated rings. The second-order valence-corrected chi connectivity index (χ2v) is 5.09. The lowest BCUT2D eigenvalue weighted by Crippen LogP contribution is -2.49. The van der Waals surface area contributed by atoms with Crippen molar-refractivity contribution in [1.82, 2.24) is 10.6 Å². The summed E-state index contributed by atoms with van der Waals surface area (Å²) in [5.74, 6) is -0.515. The van der Waals surface area contributed by atoms with Crippen molar-refractivity contribution in [2.24, 2.45) is 17.6 Å². The number of aliphatic hydroxyl groups excluding tert-OH is 1. The summed E-state index contributed by atoms with van der Waals surface area (Å²) in [6.45, 7) is 7.23. The molecular weight excluding hydrogens is 234 g/mol. The highest BCUT2D eigenvalue weighted by Crippen LogP contribution is 2.00. The van der Waals surface area contributed by atoms with E-state index in [1.54, 1.807) is 0 Å². The van der Waals surface area contributed by atoms with Crippen molar-refractivity contribution < 1.29 is 14.7 Å². The van der Waals surface area contributed by atoms with E-state index in [-0.39, 0.29) is 42.8 Å². The second-order valence-electron chi connectivity index (χ2n) is 5.09. The summed E-state index contributed by atoms with van der Waals surface area (Å²) < 4.78 is 0. The molecule has 0 aromatic carbocycles. The molecule has 0 aliphatic carbocycles. The van der Waals surface area contributed by atoms with Crippen LogP contribution in [0.3, 0.4) is 0 Å². The van der Waals surface area contributed by atoms with Gasteiger partial charge in [0.2, 0.25) is 11.8 Å². The molecule has 0 spiro atoms. The van der Waals surface area contributed by atoms with Gasteiger partial charge in [-0.05, 0) is 11.8 Å². The lowest BCUT2D eigenvalue weighted by molar-refractivity contribution is -0.127. The van der Waals surface area contributed by atoms with E-state index in [2.05, 4.69) is 10.6 Å². The van der Waals surface area contributed by atoms with Crippen molar-refractivity contribution in [1.29, 1.82) is 0 Å². The first-order chi connectivity index (χ1) is 8.29. The van der Waals surface area contributed by atoms with E-state index >= 15 is 0 Å². The summed E-state index contributed by atoms with van der Waals surface area (Å²) in [4.78, 5) is 23.0. The maximum atomic E-state index is 11.5. The highest BCUT2D eigenvalue weighted by Gasteiger charge is 2.19. The normalized spacial score (nSPS) is 14.4. The van der Waals surface area contributed by atoms with E-state index in [0.717, 1.165) is 0 Å². The molecule has 106 valence electrons. The first-order valence-corrected chi connectivity index (χ1v) is 6.23. The van der Waals surface area contributed by atoms with Crippen LogP contribution >= 0.6 is 0 Å². The van der Waals surface area contributed by atoms with E-state index in [0.29, 0.717) is 0 Å². The van der Waals surface area contributed by atoms with Crippen LogP contribution in [-0.2, 0) is 9.59 Å². The first-order valence-electron chi connectivity index (χ1n) is 6.23. The fraction of sp³-hybridized carbons (Fsp3) is 0.833. The van der Waals surface area contributed by atoms with Crippen LogP contribution in [0.15, 0.2) is 0 Å². The monoisotopic (exact) mass is 259 g/mol. The van der Waals surface area contributed by atoms with Crippen LogP contribution in [0, 0.1) is 11.8 Å².